The molecular formula is C13H25NO2. The minimum atomic E-state index is -0.695. The fourth-order valence-electron chi connectivity index (χ4n) is 2.52. The summed E-state index contributed by atoms with van der Waals surface area (Å²) >= 11 is 0. The van der Waals surface area contributed by atoms with Crippen molar-refractivity contribution in [1.82, 2.24) is 4.90 Å². The number of hydrogen-bond donors (Lipinski definition) is 1. The van der Waals surface area contributed by atoms with Gasteiger partial charge in [-0.1, -0.05) is 32.1 Å². The van der Waals surface area contributed by atoms with Gasteiger partial charge >= 0.3 is 5.97 Å². The summed E-state index contributed by atoms with van der Waals surface area (Å²) in [7, 11) is 2.02. The number of rotatable bonds is 7. The molecule has 1 saturated carbocycles. The lowest BCUT2D eigenvalue weighted by Crippen LogP contribution is -2.23. The third-order valence-corrected chi connectivity index (χ3v) is 3.58. The van der Waals surface area contributed by atoms with Crippen LogP contribution < -0.4 is 0 Å². The van der Waals surface area contributed by atoms with Gasteiger partial charge in [-0.15, -0.1) is 0 Å². The van der Waals surface area contributed by atoms with Crippen LogP contribution in [0.4, 0.5) is 0 Å². The molecule has 0 radical (unpaired) electrons. The van der Waals surface area contributed by atoms with E-state index in [0.717, 1.165) is 12.5 Å². The van der Waals surface area contributed by atoms with Crippen LogP contribution in [0.5, 0.6) is 0 Å². The predicted molar refractivity (Wildman–Crippen MR) is 65.6 cm³/mol. The summed E-state index contributed by atoms with van der Waals surface area (Å²) in [4.78, 5) is 12.5. The number of hydrogen-bond acceptors (Lipinski definition) is 2. The molecular weight excluding hydrogens is 202 g/mol. The molecule has 3 nitrogen and oxygen atoms in total. The van der Waals surface area contributed by atoms with E-state index in [1.54, 1.807) is 0 Å². The third-order valence-electron chi connectivity index (χ3n) is 3.58. The van der Waals surface area contributed by atoms with Gasteiger partial charge in [0.15, 0.2) is 0 Å². The topological polar surface area (TPSA) is 40.5 Å². The average molecular weight is 227 g/mol. The van der Waals surface area contributed by atoms with E-state index < -0.39 is 5.97 Å². The monoisotopic (exact) mass is 227 g/mol. The van der Waals surface area contributed by atoms with Crippen molar-refractivity contribution in [3.05, 3.63) is 0 Å². The zero-order chi connectivity index (χ0) is 11.8. The van der Waals surface area contributed by atoms with Gasteiger partial charge in [-0.2, -0.15) is 0 Å². The molecule has 0 aromatic heterocycles. The molecule has 16 heavy (non-hydrogen) atoms. The molecule has 1 fully saturated rings. The Balaban J connectivity index is 1.98. The van der Waals surface area contributed by atoms with E-state index in [4.69, 9.17) is 5.11 Å². The molecule has 1 aliphatic carbocycles. The summed E-state index contributed by atoms with van der Waals surface area (Å²) in [6, 6.07) is 0. The fraction of sp³-hybridized carbons (Fsp3) is 0.923. The smallest absolute Gasteiger partial charge is 0.304 e. The first kappa shape index (κ1) is 13.5. The van der Waals surface area contributed by atoms with Gasteiger partial charge in [0.25, 0.3) is 0 Å². The second-order valence-corrected chi connectivity index (χ2v) is 5.09. The molecule has 0 amide bonds. The first-order valence-corrected chi connectivity index (χ1v) is 6.59. The molecule has 0 bridgehead atoms. The van der Waals surface area contributed by atoms with E-state index in [1.165, 1.54) is 44.9 Å². The zero-order valence-electron chi connectivity index (χ0n) is 10.5. The highest BCUT2D eigenvalue weighted by Crippen LogP contribution is 2.27. The van der Waals surface area contributed by atoms with E-state index in [2.05, 4.69) is 4.90 Å². The van der Waals surface area contributed by atoms with Crippen molar-refractivity contribution in [2.75, 3.05) is 20.1 Å². The summed E-state index contributed by atoms with van der Waals surface area (Å²) < 4.78 is 0. The van der Waals surface area contributed by atoms with Gasteiger partial charge in [-0.25, -0.2) is 0 Å². The molecule has 0 heterocycles. The lowest BCUT2D eigenvalue weighted by atomic mass is 9.86. The van der Waals surface area contributed by atoms with Crippen LogP contribution >= 0.6 is 0 Å². The molecule has 0 saturated heterocycles. The van der Waals surface area contributed by atoms with Gasteiger partial charge in [0.2, 0.25) is 0 Å². The van der Waals surface area contributed by atoms with E-state index in [0.29, 0.717) is 6.54 Å². The molecule has 1 aliphatic rings. The second-order valence-electron chi connectivity index (χ2n) is 5.09. The van der Waals surface area contributed by atoms with Crippen LogP contribution in [0.1, 0.15) is 51.4 Å². The van der Waals surface area contributed by atoms with Crippen LogP contribution in [0.15, 0.2) is 0 Å². The Morgan fingerprint density at radius 1 is 1.25 bits per heavy atom. The Hall–Kier alpha value is -0.570. The molecule has 0 atom stereocenters. The Morgan fingerprint density at radius 2 is 1.94 bits per heavy atom. The highest BCUT2D eigenvalue weighted by atomic mass is 16.4. The number of nitrogens with zero attached hydrogens (tertiary/aromatic N) is 1. The summed E-state index contributed by atoms with van der Waals surface area (Å²) in [5.74, 6) is 0.251. The number of carboxylic acid groups (broad SMARTS) is 1. The summed E-state index contributed by atoms with van der Waals surface area (Å²) in [5.41, 5.74) is 0. The van der Waals surface area contributed by atoms with Crippen LogP contribution in [0.3, 0.4) is 0 Å². The van der Waals surface area contributed by atoms with Crippen LogP contribution in [0.25, 0.3) is 0 Å². The van der Waals surface area contributed by atoms with Crippen molar-refractivity contribution >= 4 is 5.97 Å². The molecule has 0 aliphatic heterocycles. The third kappa shape index (κ3) is 6.11. The Morgan fingerprint density at radius 3 is 2.56 bits per heavy atom. The van der Waals surface area contributed by atoms with Crippen LogP contribution in [0, 0.1) is 5.92 Å². The highest BCUT2D eigenvalue weighted by molar-refractivity contribution is 5.66. The van der Waals surface area contributed by atoms with Crippen molar-refractivity contribution in [2.24, 2.45) is 5.92 Å². The maximum absolute atomic E-state index is 10.4. The minimum Gasteiger partial charge on any atom is -0.481 e. The number of aliphatic carboxylic acids is 1. The van der Waals surface area contributed by atoms with Gasteiger partial charge in [-0.05, 0) is 32.4 Å². The second kappa shape index (κ2) is 7.66. The molecule has 0 unspecified atom stereocenters. The number of carboxylic acids is 1. The minimum absolute atomic E-state index is 0.264. The SMILES string of the molecule is CN(CCCC1CCCCC1)CCC(=O)O. The maximum atomic E-state index is 10.4. The first-order chi connectivity index (χ1) is 7.68. The Kier molecular flexibility index (Phi) is 6.46. The van der Waals surface area contributed by atoms with Gasteiger partial charge in [0.05, 0.1) is 6.42 Å². The molecule has 0 aromatic rings. The van der Waals surface area contributed by atoms with E-state index >= 15 is 0 Å². The Labute approximate surface area is 98.8 Å². The van der Waals surface area contributed by atoms with Gasteiger partial charge in [0, 0.05) is 6.54 Å². The maximum Gasteiger partial charge on any atom is 0.304 e. The normalized spacial score (nSPS) is 17.9. The first-order valence-electron chi connectivity index (χ1n) is 6.59. The highest BCUT2D eigenvalue weighted by Gasteiger charge is 2.13. The predicted octanol–water partition coefficient (Wildman–Crippen LogP) is 2.75. The standard InChI is InChI=1S/C13H25NO2/c1-14(11-9-13(15)16)10-5-8-12-6-3-2-4-7-12/h12H,2-11H2,1H3,(H,15,16). The molecule has 0 aromatic carbocycles. The average Bonchev–Trinajstić information content (AvgIpc) is 2.28. The lowest BCUT2D eigenvalue weighted by Gasteiger charge is -2.22. The summed E-state index contributed by atoms with van der Waals surface area (Å²) in [6.07, 6.45) is 9.91. The van der Waals surface area contributed by atoms with Crippen molar-refractivity contribution in [3.63, 3.8) is 0 Å². The number of carbonyl (C=O) groups is 1. The van der Waals surface area contributed by atoms with Crippen LogP contribution in [0.2, 0.25) is 0 Å². The quantitative estimate of drug-likeness (QED) is 0.727. The molecule has 1 N–H and O–H groups in total. The zero-order valence-corrected chi connectivity index (χ0v) is 10.5. The van der Waals surface area contributed by atoms with Crippen LogP contribution in [-0.4, -0.2) is 36.1 Å². The molecule has 0 spiro atoms. The molecule has 94 valence electrons. The van der Waals surface area contributed by atoms with Gasteiger partial charge in [-0.3, -0.25) is 4.79 Å². The van der Waals surface area contributed by atoms with Crippen molar-refractivity contribution in [3.8, 4) is 0 Å². The summed E-state index contributed by atoms with van der Waals surface area (Å²) in [6.45, 7) is 1.73. The molecule has 1 rings (SSSR count). The van der Waals surface area contributed by atoms with Gasteiger partial charge < -0.3 is 10.0 Å². The van der Waals surface area contributed by atoms with E-state index in [9.17, 15) is 4.79 Å². The van der Waals surface area contributed by atoms with Gasteiger partial charge in [0.1, 0.15) is 0 Å². The summed E-state index contributed by atoms with van der Waals surface area (Å²) in [5, 5.41) is 8.56. The Bertz CT molecular complexity index is 200. The largest absolute Gasteiger partial charge is 0.481 e. The van der Waals surface area contributed by atoms with Crippen LogP contribution in [-0.2, 0) is 4.79 Å². The van der Waals surface area contributed by atoms with Crippen molar-refractivity contribution in [2.45, 2.75) is 51.4 Å². The van der Waals surface area contributed by atoms with Crippen molar-refractivity contribution < 1.29 is 9.90 Å². The lowest BCUT2D eigenvalue weighted by molar-refractivity contribution is -0.137. The molecule has 3 heteroatoms. The van der Waals surface area contributed by atoms with E-state index in [1.807, 2.05) is 7.05 Å². The fourth-order valence-corrected chi connectivity index (χ4v) is 2.52. The van der Waals surface area contributed by atoms with Crippen molar-refractivity contribution in [1.29, 1.82) is 0 Å². The van der Waals surface area contributed by atoms with E-state index in [-0.39, 0.29) is 6.42 Å².